The first kappa shape index (κ1) is 8.89. The number of hydrogen-bond donors (Lipinski definition) is 0. The summed E-state index contributed by atoms with van der Waals surface area (Å²) in [5.74, 6) is 0. The van der Waals surface area contributed by atoms with E-state index in [2.05, 4.69) is 13.1 Å². The molecule has 0 nitrogen and oxygen atoms in total. The fraction of sp³-hybridized carbons (Fsp3) is 1.00. The standard InChI is InChI=1S/C7H14Cl2Si/c1-10(2)6-4-3-5-7(10,8)9/h3-6H2,1-2H3. The average Bonchev–Trinajstić information content (AvgIpc) is 1.77. The van der Waals surface area contributed by atoms with Gasteiger partial charge in [-0.15, -0.1) is 23.2 Å². The van der Waals surface area contributed by atoms with E-state index in [4.69, 9.17) is 23.2 Å². The predicted molar refractivity (Wildman–Crippen MR) is 50.6 cm³/mol. The van der Waals surface area contributed by atoms with Crippen molar-refractivity contribution in [3.63, 3.8) is 0 Å². The van der Waals surface area contributed by atoms with Gasteiger partial charge < -0.3 is 0 Å². The van der Waals surface area contributed by atoms with Gasteiger partial charge in [-0.2, -0.15) is 0 Å². The van der Waals surface area contributed by atoms with Crippen LogP contribution in [0.25, 0.3) is 0 Å². The Bertz CT molecular complexity index is 116. The molecule has 0 aromatic carbocycles. The van der Waals surface area contributed by atoms with Crippen LogP contribution in [0.3, 0.4) is 0 Å². The molecule has 0 aromatic heterocycles. The van der Waals surface area contributed by atoms with Gasteiger partial charge in [0.1, 0.15) is 3.96 Å². The highest BCUT2D eigenvalue weighted by Crippen LogP contribution is 2.44. The van der Waals surface area contributed by atoms with Gasteiger partial charge in [-0.25, -0.2) is 0 Å². The Morgan fingerprint density at radius 1 is 1.20 bits per heavy atom. The molecule has 1 aliphatic rings. The molecule has 0 bridgehead atoms. The first-order valence-corrected chi connectivity index (χ1v) is 7.80. The third kappa shape index (κ3) is 1.51. The molecule has 0 radical (unpaired) electrons. The number of hydrogen-bond acceptors (Lipinski definition) is 0. The maximum Gasteiger partial charge on any atom is 0.107 e. The Morgan fingerprint density at radius 2 is 1.80 bits per heavy atom. The predicted octanol–water partition coefficient (Wildman–Crippen LogP) is 3.59. The van der Waals surface area contributed by atoms with E-state index < -0.39 is 8.07 Å². The molecule has 0 unspecified atom stereocenters. The molecular weight excluding hydrogens is 183 g/mol. The lowest BCUT2D eigenvalue weighted by Gasteiger charge is -2.39. The lowest BCUT2D eigenvalue weighted by Crippen LogP contribution is -2.48. The van der Waals surface area contributed by atoms with Crippen molar-refractivity contribution in [1.29, 1.82) is 0 Å². The molecule has 1 saturated heterocycles. The SMILES string of the molecule is C[Si]1(C)CCCCC1(Cl)Cl. The Hall–Kier alpha value is 0.797. The smallest absolute Gasteiger partial charge is 0.106 e. The van der Waals surface area contributed by atoms with Crippen LogP contribution in [0.4, 0.5) is 0 Å². The van der Waals surface area contributed by atoms with Crippen LogP contribution in [0.15, 0.2) is 0 Å². The molecule has 1 aliphatic heterocycles. The Balaban J connectivity index is 2.70. The van der Waals surface area contributed by atoms with E-state index in [-0.39, 0.29) is 3.96 Å². The van der Waals surface area contributed by atoms with Gasteiger partial charge >= 0.3 is 0 Å². The maximum absolute atomic E-state index is 6.19. The van der Waals surface area contributed by atoms with E-state index in [1.54, 1.807) is 0 Å². The Kier molecular flexibility index (Phi) is 2.39. The van der Waals surface area contributed by atoms with Crippen molar-refractivity contribution in [3.05, 3.63) is 0 Å². The quantitative estimate of drug-likeness (QED) is 0.411. The molecule has 1 fully saturated rings. The molecular formula is C7H14Cl2Si. The van der Waals surface area contributed by atoms with Crippen molar-refractivity contribution in [2.24, 2.45) is 0 Å². The average molecular weight is 197 g/mol. The summed E-state index contributed by atoms with van der Waals surface area (Å²) >= 11 is 12.4. The fourth-order valence-electron chi connectivity index (χ4n) is 1.44. The molecule has 0 aromatic rings. The van der Waals surface area contributed by atoms with E-state index in [1.807, 2.05) is 0 Å². The van der Waals surface area contributed by atoms with Crippen LogP contribution in [0, 0.1) is 0 Å². The molecule has 0 aliphatic carbocycles. The van der Waals surface area contributed by atoms with Crippen molar-refractivity contribution in [2.75, 3.05) is 0 Å². The summed E-state index contributed by atoms with van der Waals surface area (Å²) in [7, 11) is -1.29. The van der Waals surface area contributed by atoms with Crippen molar-refractivity contribution in [1.82, 2.24) is 0 Å². The van der Waals surface area contributed by atoms with Crippen LogP contribution >= 0.6 is 23.2 Å². The monoisotopic (exact) mass is 196 g/mol. The van der Waals surface area contributed by atoms with Crippen LogP contribution in [0.2, 0.25) is 19.1 Å². The van der Waals surface area contributed by atoms with E-state index in [0.717, 1.165) is 6.42 Å². The highest BCUT2D eigenvalue weighted by Gasteiger charge is 2.45. The van der Waals surface area contributed by atoms with E-state index in [0.29, 0.717) is 0 Å². The zero-order chi connectivity index (χ0) is 7.83. The van der Waals surface area contributed by atoms with Gasteiger partial charge in [-0.05, 0) is 6.42 Å². The summed E-state index contributed by atoms with van der Waals surface area (Å²) in [4.78, 5) is 0. The highest BCUT2D eigenvalue weighted by atomic mass is 35.5. The zero-order valence-corrected chi connectivity index (χ0v) is 9.10. The second kappa shape index (κ2) is 2.69. The van der Waals surface area contributed by atoms with E-state index in [9.17, 15) is 0 Å². The lowest BCUT2D eigenvalue weighted by atomic mass is 10.3. The molecule has 0 N–H and O–H groups in total. The minimum atomic E-state index is -1.29. The van der Waals surface area contributed by atoms with Crippen molar-refractivity contribution in [3.8, 4) is 0 Å². The number of halogens is 2. The largest absolute Gasteiger partial charge is 0.107 e. The first-order valence-electron chi connectivity index (χ1n) is 3.84. The van der Waals surface area contributed by atoms with Crippen LogP contribution in [-0.4, -0.2) is 12.0 Å². The minimum Gasteiger partial charge on any atom is -0.106 e. The zero-order valence-electron chi connectivity index (χ0n) is 6.58. The normalized spacial score (nSPS) is 30.0. The van der Waals surface area contributed by atoms with Crippen LogP contribution < -0.4 is 0 Å². The summed E-state index contributed by atoms with van der Waals surface area (Å²) < 4.78 is -0.342. The number of alkyl halides is 2. The summed E-state index contributed by atoms with van der Waals surface area (Å²) in [6, 6.07) is 1.29. The van der Waals surface area contributed by atoms with Gasteiger partial charge in [0.25, 0.3) is 0 Å². The number of rotatable bonds is 0. The molecule has 0 spiro atoms. The third-order valence-electron chi connectivity index (χ3n) is 2.53. The summed E-state index contributed by atoms with van der Waals surface area (Å²) in [5, 5.41) is 0. The van der Waals surface area contributed by atoms with Gasteiger partial charge in [0.15, 0.2) is 0 Å². The molecule has 60 valence electrons. The fourth-order valence-corrected chi connectivity index (χ4v) is 4.62. The molecule has 0 saturated carbocycles. The molecule has 0 atom stereocenters. The summed E-state index contributed by atoms with van der Waals surface area (Å²) in [6.07, 6.45) is 3.55. The van der Waals surface area contributed by atoms with Crippen LogP contribution in [-0.2, 0) is 0 Å². The summed E-state index contributed by atoms with van der Waals surface area (Å²) in [5.41, 5.74) is 0. The van der Waals surface area contributed by atoms with Gasteiger partial charge in [-0.3, -0.25) is 0 Å². The molecule has 1 heterocycles. The Labute approximate surface area is 73.9 Å². The van der Waals surface area contributed by atoms with Gasteiger partial charge in [0.05, 0.1) is 8.07 Å². The Morgan fingerprint density at radius 3 is 2.10 bits per heavy atom. The van der Waals surface area contributed by atoms with Crippen LogP contribution in [0.1, 0.15) is 19.3 Å². The second-order valence-corrected chi connectivity index (χ2v) is 11.0. The topological polar surface area (TPSA) is 0 Å². The molecule has 1 rings (SSSR count). The van der Waals surface area contributed by atoms with Gasteiger partial charge in [-0.1, -0.05) is 32.0 Å². The third-order valence-corrected chi connectivity index (χ3v) is 9.81. The van der Waals surface area contributed by atoms with Crippen molar-refractivity contribution in [2.45, 2.75) is 42.4 Å². The minimum absolute atomic E-state index is 0.342. The van der Waals surface area contributed by atoms with Gasteiger partial charge in [0, 0.05) is 0 Å². The maximum atomic E-state index is 6.19. The highest BCUT2D eigenvalue weighted by molar-refractivity contribution is 6.95. The van der Waals surface area contributed by atoms with Gasteiger partial charge in [0.2, 0.25) is 0 Å². The molecule has 10 heavy (non-hydrogen) atoms. The second-order valence-electron chi connectivity index (χ2n) is 3.80. The van der Waals surface area contributed by atoms with Crippen LogP contribution in [0.5, 0.6) is 0 Å². The lowest BCUT2D eigenvalue weighted by molar-refractivity contribution is 0.669. The van der Waals surface area contributed by atoms with Crippen molar-refractivity contribution < 1.29 is 0 Å². The van der Waals surface area contributed by atoms with E-state index >= 15 is 0 Å². The summed E-state index contributed by atoms with van der Waals surface area (Å²) in [6.45, 7) is 4.57. The van der Waals surface area contributed by atoms with Crippen molar-refractivity contribution >= 4 is 31.3 Å². The first-order chi connectivity index (χ1) is 4.46. The molecule has 3 heteroatoms. The molecule has 0 amide bonds. The van der Waals surface area contributed by atoms with E-state index in [1.165, 1.54) is 18.9 Å².